The Morgan fingerprint density at radius 1 is 1.23 bits per heavy atom. The second kappa shape index (κ2) is 7.49. The standard InChI is InChI=1S/C17H21N3OS/c21-17(13-6-2-1-3-7-13)19-11-9-16-20-15(12-22-16)14-8-4-5-10-18-14/h4-5,8,10,12-13H,1-3,6-7,9,11H2,(H,19,21). The SMILES string of the molecule is O=C(NCCc1nc(-c2ccccn2)cs1)C1CCCCC1. The Bertz CT molecular complexity index is 605. The number of pyridine rings is 1. The van der Waals surface area contributed by atoms with Gasteiger partial charge in [0, 0.05) is 30.5 Å². The molecule has 0 aliphatic heterocycles. The van der Waals surface area contributed by atoms with Gasteiger partial charge in [0.1, 0.15) is 0 Å². The molecule has 1 aliphatic rings. The quantitative estimate of drug-likeness (QED) is 0.919. The summed E-state index contributed by atoms with van der Waals surface area (Å²) in [6.45, 7) is 0.671. The number of amides is 1. The zero-order valence-corrected chi connectivity index (χ0v) is 13.4. The van der Waals surface area contributed by atoms with Crippen molar-refractivity contribution >= 4 is 17.2 Å². The van der Waals surface area contributed by atoms with Crippen LogP contribution in [-0.4, -0.2) is 22.4 Å². The minimum atomic E-state index is 0.223. The maximum atomic E-state index is 12.1. The Hall–Kier alpha value is -1.75. The molecule has 2 aromatic heterocycles. The predicted molar refractivity (Wildman–Crippen MR) is 88.6 cm³/mol. The molecule has 0 atom stereocenters. The van der Waals surface area contributed by atoms with E-state index in [1.54, 1.807) is 17.5 Å². The number of nitrogens with one attached hydrogen (secondary N) is 1. The molecule has 1 fully saturated rings. The summed E-state index contributed by atoms with van der Waals surface area (Å²) in [5, 5.41) is 6.14. The first-order valence-electron chi connectivity index (χ1n) is 7.96. The summed E-state index contributed by atoms with van der Waals surface area (Å²) in [6.07, 6.45) is 8.32. The van der Waals surface area contributed by atoms with Crippen LogP contribution >= 0.6 is 11.3 Å². The average molecular weight is 315 g/mol. The molecule has 1 aliphatic carbocycles. The van der Waals surface area contributed by atoms with Gasteiger partial charge < -0.3 is 5.32 Å². The van der Waals surface area contributed by atoms with Gasteiger partial charge >= 0.3 is 0 Å². The number of carbonyl (C=O) groups excluding carboxylic acids is 1. The van der Waals surface area contributed by atoms with Crippen LogP contribution in [0.15, 0.2) is 29.8 Å². The van der Waals surface area contributed by atoms with Crippen LogP contribution in [0.5, 0.6) is 0 Å². The van der Waals surface area contributed by atoms with Gasteiger partial charge in [-0.2, -0.15) is 0 Å². The predicted octanol–water partition coefficient (Wildman–Crippen LogP) is 3.44. The molecule has 0 aromatic carbocycles. The molecule has 0 spiro atoms. The molecular formula is C17H21N3OS. The number of thiazole rings is 1. The number of nitrogens with zero attached hydrogens (tertiary/aromatic N) is 2. The van der Waals surface area contributed by atoms with Gasteiger partial charge in [0.2, 0.25) is 5.91 Å². The van der Waals surface area contributed by atoms with Gasteiger partial charge in [0.25, 0.3) is 0 Å². The zero-order valence-electron chi connectivity index (χ0n) is 12.6. The van der Waals surface area contributed by atoms with Crippen LogP contribution in [0.25, 0.3) is 11.4 Å². The van der Waals surface area contributed by atoms with Crippen LogP contribution in [0.3, 0.4) is 0 Å². The second-order valence-corrected chi connectivity index (χ2v) is 6.66. The minimum Gasteiger partial charge on any atom is -0.355 e. The van der Waals surface area contributed by atoms with E-state index in [4.69, 9.17) is 0 Å². The zero-order chi connectivity index (χ0) is 15.2. The molecule has 2 aromatic rings. The lowest BCUT2D eigenvalue weighted by Gasteiger charge is -2.20. The van der Waals surface area contributed by atoms with Crippen molar-refractivity contribution in [1.82, 2.24) is 15.3 Å². The first-order valence-corrected chi connectivity index (χ1v) is 8.84. The fraction of sp³-hybridized carbons (Fsp3) is 0.471. The summed E-state index contributed by atoms with van der Waals surface area (Å²) in [4.78, 5) is 21.0. The van der Waals surface area contributed by atoms with Crippen molar-refractivity contribution in [3.05, 3.63) is 34.8 Å². The largest absolute Gasteiger partial charge is 0.355 e. The highest BCUT2D eigenvalue weighted by Crippen LogP contribution is 2.23. The van der Waals surface area contributed by atoms with Crippen molar-refractivity contribution < 1.29 is 4.79 Å². The van der Waals surface area contributed by atoms with Crippen LogP contribution in [-0.2, 0) is 11.2 Å². The Labute approximate surface area is 135 Å². The summed E-state index contributed by atoms with van der Waals surface area (Å²) in [7, 11) is 0. The number of aromatic nitrogens is 2. The molecule has 1 amide bonds. The molecule has 0 saturated heterocycles. The Morgan fingerprint density at radius 2 is 2.09 bits per heavy atom. The van der Waals surface area contributed by atoms with E-state index in [1.165, 1.54) is 19.3 Å². The molecule has 0 unspecified atom stereocenters. The highest BCUT2D eigenvalue weighted by Gasteiger charge is 2.20. The van der Waals surface area contributed by atoms with E-state index in [0.717, 1.165) is 35.7 Å². The highest BCUT2D eigenvalue weighted by atomic mass is 32.1. The number of carbonyl (C=O) groups is 1. The van der Waals surface area contributed by atoms with Gasteiger partial charge in [-0.05, 0) is 25.0 Å². The van der Waals surface area contributed by atoms with Crippen molar-refractivity contribution in [3.63, 3.8) is 0 Å². The van der Waals surface area contributed by atoms with E-state index in [2.05, 4.69) is 15.3 Å². The first-order chi connectivity index (χ1) is 10.8. The minimum absolute atomic E-state index is 0.223. The van der Waals surface area contributed by atoms with Crippen LogP contribution < -0.4 is 5.32 Å². The fourth-order valence-corrected chi connectivity index (χ4v) is 3.65. The first kappa shape index (κ1) is 15.2. The Morgan fingerprint density at radius 3 is 2.86 bits per heavy atom. The summed E-state index contributed by atoms with van der Waals surface area (Å²) < 4.78 is 0. The van der Waals surface area contributed by atoms with E-state index in [1.807, 2.05) is 23.6 Å². The molecular weight excluding hydrogens is 294 g/mol. The normalized spacial score (nSPS) is 15.6. The van der Waals surface area contributed by atoms with E-state index >= 15 is 0 Å². The molecule has 0 bridgehead atoms. The smallest absolute Gasteiger partial charge is 0.223 e. The van der Waals surface area contributed by atoms with Crippen molar-refractivity contribution in [2.45, 2.75) is 38.5 Å². The van der Waals surface area contributed by atoms with E-state index in [9.17, 15) is 4.79 Å². The maximum Gasteiger partial charge on any atom is 0.223 e. The number of rotatable bonds is 5. The fourth-order valence-electron chi connectivity index (χ4n) is 2.86. The van der Waals surface area contributed by atoms with Gasteiger partial charge in [-0.3, -0.25) is 9.78 Å². The lowest BCUT2D eigenvalue weighted by atomic mass is 9.89. The average Bonchev–Trinajstić information content (AvgIpc) is 3.05. The third kappa shape index (κ3) is 3.91. The third-order valence-corrected chi connectivity index (χ3v) is 5.00. The van der Waals surface area contributed by atoms with E-state index in [0.29, 0.717) is 6.54 Å². The number of hydrogen-bond acceptors (Lipinski definition) is 4. The number of hydrogen-bond donors (Lipinski definition) is 1. The van der Waals surface area contributed by atoms with Crippen LogP contribution in [0, 0.1) is 5.92 Å². The molecule has 0 radical (unpaired) electrons. The summed E-state index contributed by atoms with van der Waals surface area (Å²) in [5.74, 6) is 0.454. The second-order valence-electron chi connectivity index (χ2n) is 5.72. The molecule has 3 rings (SSSR count). The molecule has 116 valence electrons. The monoisotopic (exact) mass is 315 g/mol. The molecule has 5 heteroatoms. The maximum absolute atomic E-state index is 12.1. The van der Waals surface area contributed by atoms with Crippen LogP contribution in [0.4, 0.5) is 0 Å². The van der Waals surface area contributed by atoms with Crippen molar-refractivity contribution in [3.8, 4) is 11.4 Å². The van der Waals surface area contributed by atoms with Crippen molar-refractivity contribution in [2.24, 2.45) is 5.92 Å². The Balaban J connectivity index is 1.48. The van der Waals surface area contributed by atoms with Gasteiger partial charge in [-0.15, -0.1) is 11.3 Å². The van der Waals surface area contributed by atoms with Crippen LogP contribution in [0.1, 0.15) is 37.1 Å². The van der Waals surface area contributed by atoms with Crippen LogP contribution in [0.2, 0.25) is 0 Å². The molecule has 1 saturated carbocycles. The lowest BCUT2D eigenvalue weighted by Crippen LogP contribution is -2.33. The van der Waals surface area contributed by atoms with E-state index in [-0.39, 0.29) is 11.8 Å². The lowest BCUT2D eigenvalue weighted by molar-refractivity contribution is -0.125. The van der Waals surface area contributed by atoms with Gasteiger partial charge in [-0.1, -0.05) is 25.3 Å². The molecule has 2 heterocycles. The summed E-state index contributed by atoms with van der Waals surface area (Å²) >= 11 is 1.63. The van der Waals surface area contributed by atoms with Gasteiger partial charge in [0.05, 0.1) is 16.4 Å². The topological polar surface area (TPSA) is 54.9 Å². The van der Waals surface area contributed by atoms with Gasteiger partial charge in [0.15, 0.2) is 0 Å². The Kier molecular flexibility index (Phi) is 5.16. The van der Waals surface area contributed by atoms with Crippen molar-refractivity contribution in [1.29, 1.82) is 0 Å². The molecule has 22 heavy (non-hydrogen) atoms. The van der Waals surface area contributed by atoms with Gasteiger partial charge in [-0.25, -0.2) is 4.98 Å². The van der Waals surface area contributed by atoms with Crippen molar-refractivity contribution in [2.75, 3.05) is 6.54 Å². The third-order valence-electron chi connectivity index (χ3n) is 4.09. The molecule has 4 nitrogen and oxygen atoms in total. The summed E-state index contributed by atoms with van der Waals surface area (Å²) in [6, 6.07) is 5.83. The molecule has 1 N–H and O–H groups in total. The summed E-state index contributed by atoms with van der Waals surface area (Å²) in [5.41, 5.74) is 1.82. The van der Waals surface area contributed by atoms with E-state index < -0.39 is 0 Å². The highest BCUT2D eigenvalue weighted by molar-refractivity contribution is 7.09.